The van der Waals surface area contributed by atoms with Crippen molar-refractivity contribution >= 4 is 28.9 Å². The van der Waals surface area contributed by atoms with Gasteiger partial charge in [0.05, 0.1) is 5.56 Å². The molecule has 2 N–H and O–H groups in total. The van der Waals surface area contributed by atoms with Gasteiger partial charge in [-0.1, -0.05) is 24.3 Å². The van der Waals surface area contributed by atoms with Crippen LogP contribution in [0.1, 0.15) is 107 Å². The van der Waals surface area contributed by atoms with E-state index in [0.717, 1.165) is 85.4 Å². The number of likely N-dealkylation sites (tertiary alicyclic amines) is 2. The highest BCUT2D eigenvalue weighted by molar-refractivity contribution is 5.98. The zero-order valence-electron chi connectivity index (χ0n) is 37.9. The van der Waals surface area contributed by atoms with Gasteiger partial charge < -0.3 is 39.5 Å². The van der Waals surface area contributed by atoms with E-state index in [1.165, 1.54) is 0 Å². The molecule has 3 aromatic carbocycles. The van der Waals surface area contributed by atoms with Gasteiger partial charge in [0, 0.05) is 114 Å². The lowest BCUT2D eigenvalue weighted by atomic mass is 9.82. The Hall–Kier alpha value is -5.98. The third kappa shape index (κ3) is 9.52. The smallest absolute Gasteiger partial charge is 0.272 e. The van der Waals surface area contributed by atoms with Crippen molar-refractivity contribution in [2.24, 2.45) is 0 Å². The summed E-state index contributed by atoms with van der Waals surface area (Å²) in [6.07, 6.45) is 9.68. The second-order valence-electron chi connectivity index (χ2n) is 17.0. The van der Waals surface area contributed by atoms with Crippen molar-refractivity contribution in [2.75, 3.05) is 73.5 Å². The van der Waals surface area contributed by atoms with Gasteiger partial charge in [0.15, 0.2) is 0 Å². The van der Waals surface area contributed by atoms with E-state index in [4.69, 9.17) is 9.47 Å². The average molecular weight is 855 g/mol. The van der Waals surface area contributed by atoms with Crippen molar-refractivity contribution in [3.05, 3.63) is 130 Å². The van der Waals surface area contributed by atoms with E-state index in [1.807, 2.05) is 93.3 Å². The Morgan fingerprint density at radius 2 is 1.22 bits per heavy atom. The molecular formula is C51H62N6O6. The van der Waals surface area contributed by atoms with Gasteiger partial charge in [0.25, 0.3) is 17.7 Å². The largest absolute Gasteiger partial charge is 0.507 e. The molecule has 4 aromatic rings. The molecule has 8 rings (SSSR count). The Kier molecular flexibility index (Phi) is 13.7. The molecule has 63 heavy (non-hydrogen) atoms. The highest BCUT2D eigenvalue weighted by Crippen LogP contribution is 2.47. The number of aromatic hydroxyl groups is 1. The lowest BCUT2D eigenvalue weighted by Crippen LogP contribution is -2.46. The number of nitrogens with one attached hydrogen (secondary N) is 1. The fraction of sp³-hybridized carbons (Fsp3) is 0.412. The van der Waals surface area contributed by atoms with Crippen molar-refractivity contribution in [3.63, 3.8) is 0 Å². The number of piperidine rings is 2. The van der Waals surface area contributed by atoms with Gasteiger partial charge in [0.1, 0.15) is 34.1 Å². The van der Waals surface area contributed by atoms with E-state index in [-0.39, 0.29) is 29.1 Å². The fourth-order valence-corrected chi connectivity index (χ4v) is 8.95. The van der Waals surface area contributed by atoms with Crippen molar-refractivity contribution < 1.29 is 29.0 Å². The molecule has 2 fully saturated rings. The lowest BCUT2D eigenvalue weighted by Gasteiger charge is -2.42. The number of amides is 3. The molecule has 12 heteroatoms. The monoisotopic (exact) mass is 854 g/mol. The lowest BCUT2D eigenvalue weighted by molar-refractivity contribution is 0.0464. The highest BCUT2D eigenvalue weighted by Gasteiger charge is 2.40. The molecule has 0 aliphatic carbocycles. The van der Waals surface area contributed by atoms with Crippen LogP contribution in [-0.4, -0.2) is 132 Å². The van der Waals surface area contributed by atoms with Gasteiger partial charge in [-0.05, 0) is 119 Å². The van der Waals surface area contributed by atoms with Gasteiger partial charge in [-0.3, -0.25) is 19.4 Å². The third-order valence-corrected chi connectivity index (χ3v) is 13.0. The molecule has 3 amide bonds. The van der Waals surface area contributed by atoms with Crippen LogP contribution in [0.2, 0.25) is 0 Å². The Labute approximate surface area is 372 Å². The quantitative estimate of drug-likeness (QED) is 0.178. The molecule has 0 radical (unpaired) electrons. The summed E-state index contributed by atoms with van der Waals surface area (Å²) in [5.74, 6) is 1.53. The minimum atomic E-state index is -0.391. The number of pyridine rings is 1. The number of carbonyl (C=O) groups is 3. The van der Waals surface area contributed by atoms with Crippen LogP contribution in [0, 0.1) is 0 Å². The first-order valence-electron chi connectivity index (χ1n) is 22.4. The minimum absolute atomic E-state index is 0.0431. The first-order valence-corrected chi connectivity index (χ1v) is 22.4. The number of benzene rings is 3. The summed E-state index contributed by atoms with van der Waals surface area (Å²) in [5.41, 5.74) is 6.40. The number of hydrogen-bond acceptors (Lipinski definition) is 9. The molecule has 5 heterocycles. The van der Waals surface area contributed by atoms with Crippen LogP contribution in [-0.2, 0) is 0 Å². The molecule has 0 bridgehead atoms. The van der Waals surface area contributed by atoms with Crippen LogP contribution in [0.4, 0.5) is 0 Å². The van der Waals surface area contributed by atoms with E-state index >= 15 is 0 Å². The fourth-order valence-electron chi connectivity index (χ4n) is 8.95. The molecule has 4 aliphatic heterocycles. The number of phenols is 1. The number of aromatic nitrogens is 1. The predicted molar refractivity (Wildman–Crippen MR) is 247 cm³/mol. The summed E-state index contributed by atoms with van der Waals surface area (Å²) >= 11 is 0. The minimum Gasteiger partial charge on any atom is -0.507 e. The summed E-state index contributed by atoms with van der Waals surface area (Å²) in [6, 6.07) is 22.5. The number of carbonyl (C=O) groups excluding carboxylic acids is 3. The number of fused-ring (bicyclic) bond motifs is 2. The highest BCUT2D eigenvalue weighted by atomic mass is 16.5. The topological polar surface area (TPSA) is 128 Å². The van der Waals surface area contributed by atoms with Crippen molar-refractivity contribution in [1.82, 2.24) is 29.9 Å². The van der Waals surface area contributed by atoms with Gasteiger partial charge in [0.2, 0.25) is 0 Å². The normalized spacial score (nSPS) is 17.4. The van der Waals surface area contributed by atoms with Crippen molar-refractivity contribution in [3.8, 4) is 17.2 Å². The molecule has 1 aromatic heterocycles. The zero-order chi connectivity index (χ0) is 44.9. The number of ether oxygens (including phenoxy) is 2. The summed E-state index contributed by atoms with van der Waals surface area (Å²) in [7, 11) is 5.89. The van der Waals surface area contributed by atoms with Gasteiger partial charge in [-0.15, -0.1) is 0 Å². The van der Waals surface area contributed by atoms with E-state index in [9.17, 15) is 19.5 Å². The van der Waals surface area contributed by atoms with Crippen molar-refractivity contribution in [2.45, 2.75) is 64.6 Å². The molecular weight excluding hydrogens is 793 g/mol. The first-order chi connectivity index (χ1) is 30.4. The van der Waals surface area contributed by atoms with Gasteiger partial charge in [-0.25, -0.2) is 0 Å². The predicted octanol–water partition coefficient (Wildman–Crippen LogP) is 7.37. The number of rotatable bonds is 9. The van der Waals surface area contributed by atoms with Gasteiger partial charge >= 0.3 is 0 Å². The number of phenolic OH excluding ortho intramolecular Hbond substituents is 1. The SMILES string of the molecule is CCN(CC)C(=O)c1ccc(C2=CC3(CCN(C)CC3)Oc3ccc(C(=O)NC)cc32)cc1.CCN(CC)C(=O)c1ccc(C2=CC3(CCN(C)CC3)Oc3cccc(O)c32)cn1. The molecule has 0 unspecified atom stereocenters. The summed E-state index contributed by atoms with van der Waals surface area (Å²) in [4.78, 5) is 50.3. The van der Waals surface area contributed by atoms with Crippen molar-refractivity contribution in [1.29, 1.82) is 0 Å². The van der Waals surface area contributed by atoms with Crippen LogP contribution in [0.15, 0.2) is 91.1 Å². The Morgan fingerprint density at radius 1 is 0.683 bits per heavy atom. The molecule has 4 aliphatic rings. The van der Waals surface area contributed by atoms with Crippen LogP contribution < -0.4 is 14.8 Å². The molecule has 0 atom stereocenters. The standard InChI is InChI=1S/C27H33N3O3.C24H29N3O3/c1-5-30(6-2)26(32)20-9-7-19(8-10-20)23-18-27(13-15-29(4)16-14-27)33-24-12-11-21(17-22(23)24)25(31)28-3;1-4-27(5-2)23(29)19-10-9-17(16-25-19)18-15-24(11-13-26(3)14-12-24)30-21-8-6-7-20(28)22(18)21/h7-12,17-18H,5-6,13-16H2,1-4H3,(H,28,31);6-10,15-16,28H,4-5,11-14H2,1-3H3. The number of hydrogen-bond donors (Lipinski definition) is 2. The van der Waals surface area contributed by atoms with Crippen LogP contribution >= 0.6 is 0 Å². The molecule has 2 spiro atoms. The summed E-state index contributed by atoms with van der Waals surface area (Å²) in [5, 5.41) is 13.3. The number of nitrogens with zero attached hydrogens (tertiary/aromatic N) is 5. The second kappa shape index (κ2) is 19.2. The average Bonchev–Trinajstić information content (AvgIpc) is 3.31. The van der Waals surface area contributed by atoms with Crippen LogP contribution in [0.25, 0.3) is 11.1 Å². The maximum absolute atomic E-state index is 12.8. The molecule has 2 saturated heterocycles. The van der Waals surface area contributed by atoms with Gasteiger partial charge in [-0.2, -0.15) is 0 Å². The maximum Gasteiger partial charge on any atom is 0.272 e. The maximum atomic E-state index is 12.8. The molecule has 0 saturated carbocycles. The Morgan fingerprint density at radius 3 is 1.78 bits per heavy atom. The first kappa shape index (κ1) is 45.1. The van der Waals surface area contributed by atoms with E-state index < -0.39 is 5.60 Å². The second-order valence-corrected chi connectivity index (χ2v) is 17.0. The zero-order valence-corrected chi connectivity index (χ0v) is 37.9. The Bertz CT molecular complexity index is 2350. The summed E-state index contributed by atoms with van der Waals surface area (Å²) < 4.78 is 13.0. The van der Waals surface area contributed by atoms with E-state index in [1.54, 1.807) is 30.3 Å². The van der Waals surface area contributed by atoms with Crippen LogP contribution in [0.3, 0.4) is 0 Å². The van der Waals surface area contributed by atoms with E-state index in [0.29, 0.717) is 54.3 Å². The molecule has 12 nitrogen and oxygen atoms in total. The molecule has 332 valence electrons. The Balaban J connectivity index is 0.000000190. The summed E-state index contributed by atoms with van der Waals surface area (Å²) in [6.45, 7) is 14.4. The van der Waals surface area contributed by atoms with Crippen LogP contribution in [0.5, 0.6) is 17.2 Å². The third-order valence-electron chi connectivity index (χ3n) is 13.0. The van der Waals surface area contributed by atoms with E-state index in [2.05, 4.69) is 46.3 Å².